The molecule has 1 aromatic heterocycles. The first kappa shape index (κ1) is 18.7. The molecule has 0 saturated carbocycles. The van der Waals surface area contributed by atoms with Crippen LogP contribution >= 0.6 is 0 Å². The predicted octanol–water partition coefficient (Wildman–Crippen LogP) is 5.44. The zero-order valence-corrected chi connectivity index (χ0v) is 16.1. The molecule has 0 atom stereocenters. The largest absolute Gasteiger partial charge is 0.493 e. The van der Waals surface area contributed by atoms with Gasteiger partial charge in [-0.15, -0.1) is 0 Å². The molecular formula is C23H19FN2O3. The fourth-order valence-electron chi connectivity index (χ4n) is 2.97. The van der Waals surface area contributed by atoms with Crippen molar-refractivity contribution in [3.8, 4) is 34.3 Å². The highest BCUT2D eigenvalue weighted by molar-refractivity contribution is 5.63. The number of nitrogens with zero attached hydrogens (tertiary/aromatic N) is 2. The van der Waals surface area contributed by atoms with Crippen molar-refractivity contribution < 1.29 is 18.4 Å². The number of benzene rings is 3. The molecule has 146 valence electrons. The Bertz CT molecular complexity index is 1140. The van der Waals surface area contributed by atoms with E-state index in [9.17, 15) is 4.39 Å². The first-order valence-electron chi connectivity index (χ1n) is 9.09. The van der Waals surface area contributed by atoms with Crippen molar-refractivity contribution in [2.24, 2.45) is 0 Å². The summed E-state index contributed by atoms with van der Waals surface area (Å²) in [6.45, 7) is 2.47. The number of hydrogen-bond donors (Lipinski definition) is 0. The summed E-state index contributed by atoms with van der Waals surface area (Å²) in [7, 11) is 1.57. The van der Waals surface area contributed by atoms with E-state index in [4.69, 9.17) is 14.0 Å². The van der Waals surface area contributed by atoms with Crippen molar-refractivity contribution in [3.05, 3.63) is 83.7 Å². The Balaban J connectivity index is 1.56. The molecule has 5 nitrogen and oxygen atoms in total. The van der Waals surface area contributed by atoms with Crippen LogP contribution in [-0.2, 0) is 6.61 Å². The number of ether oxygens (including phenoxy) is 2. The van der Waals surface area contributed by atoms with Gasteiger partial charge in [0.05, 0.1) is 12.7 Å². The van der Waals surface area contributed by atoms with Crippen LogP contribution in [0.2, 0.25) is 0 Å². The molecule has 0 amide bonds. The van der Waals surface area contributed by atoms with Crippen LogP contribution in [0.4, 0.5) is 4.39 Å². The molecule has 4 aromatic rings. The van der Waals surface area contributed by atoms with Crippen LogP contribution in [0.1, 0.15) is 11.1 Å². The summed E-state index contributed by atoms with van der Waals surface area (Å²) in [5.41, 5.74) is 3.19. The van der Waals surface area contributed by atoms with Crippen molar-refractivity contribution in [1.29, 1.82) is 0 Å². The Labute approximate surface area is 167 Å². The summed E-state index contributed by atoms with van der Waals surface area (Å²) in [6.07, 6.45) is 0. The standard InChI is InChI=1S/C23H19FN2O3/c1-15-6-5-7-16(12-15)14-28-20-11-10-17(13-21(20)27-2)22-25-23(29-26-22)18-8-3-4-9-19(18)24/h3-13H,14H2,1-2H3. The van der Waals surface area contributed by atoms with E-state index in [0.717, 1.165) is 5.56 Å². The maximum Gasteiger partial charge on any atom is 0.261 e. The molecule has 0 bridgehead atoms. The molecule has 3 aromatic carbocycles. The average molecular weight is 390 g/mol. The topological polar surface area (TPSA) is 57.4 Å². The highest BCUT2D eigenvalue weighted by Gasteiger charge is 2.15. The second-order valence-electron chi connectivity index (χ2n) is 6.55. The van der Waals surface area contributed by atoms with E-state index in [0.29, 0.717) is 29.5 Å². The minimum absolute atomic E-state index is 0.122. The van der Waals surface area contributed by atoms with Gasteiger partial charge in [-0.05, 0) is 42.8 Å². The Morgan fingerprint density at radius 3 is 2.62 bits per heavy atom. The van der Waals surface area contributed by atoms with Gasteiger partial charge < -0.3 is 14.0 Å². The third kappa shape index (κ3) is 4.11. The van der Waals surface area contributed by atoms with E-state index in [1.165, 1.54) is 11.6 Å². The third-order valence-electron chi connectivity index (χ3n) is 4.43. The second-order valence-corrected chi connectivity index (χ2v) is 6.55. The summed E-state index contributed by atoms with van der Waals surface area (Å²) in [4.78, 5) is 4.31. The quantitative estimate of drug-likeness (QED) is 0.439. The molecule has 0 saturated heterocycles. The van der Waals surface area contributed by atoms with Gasteiger partial charge in [-0.1, -0.05) is 47.1 Å². The molecule has 6 heteroatoms. The Morgan fingerprint density at radius 2 is 1.83 bits per heavy atom. The van der Waals surface area contributed by atoms with Gasteiger partial charge in [-0.2, -0.15) is 4.98 Å². The van der Waals surface area contributed by atoms with Crippen LogP contribution in [0.3, 0.4) is 0 Å². The highest BCUT2D eigenvalue weighted by atomic mass is 19.1. The van der Waals surface area contributed by atoms with E-state index in [2.05, 4.69) is 16.2 Å². The molecule has 0 N–H and O–H groups in total. The molecule has 0 unspecified atom stereocenters. The van der Waals surface area contributed by atoms with Crippen molar-refractivity contribution in [2.75, 3.05) is 7.11 Å². The fourth-order valence-corrected chi connectivity index (χ4v) is 2.97. The molecule has 0 aliphatic carbocycles. The van der Waals surface area contributed by atoms with E-state index in [1.54, 1.807) is 37.4 Å². The van der Waals surface area contributed by atoms with Crippen LogP contribution in [-0.4, -0.2) is 17.3 Å². The molecule has 4 rings (SSSR count). The van der Waals surface area contributed by atoms with Crippen LogP contribution in [0.25, 0.3) is 22.8 Å². The van der Waals surface area contributed by atoms with E-state index in [1.807, 2.05) is 31.2 Å². The van der Waals surface area contributed by atoms with Crippen molar-refractivity contribution >= 4 is 0 Å². The molecule has 0 aliphatic rings. The van der Waals surface area contributed by atoms with Crippen LogP contribution in [0, 0.1) is 12.7 Å². The fraction of sp³-hybridized carbons (Fsp3) is 0.130. The first-order valence-corrected chi connectivity index (χ1v) is 9.09. The van der Waals surface area contributed by atoms with E-state index >= 15 is 0 Å². The summed E-state index contributed by atoms with van der Waals surface area (Å²) >= 11 is 0. The van der Waals surface area contributed by atoms with Gasteiger partial charge in [0.1, 0.15) is 12.4 Å². The summed E-state index contributed by atoms with van der Waals surface area (Å²) in [5.74, 6) is 1.20. The van der Waals surface area contributed by atoms with Crippen molar-refractivity contribution in [1.82, 2.24) is 10.1 Å². The van der Waals surface area contributed by atoms with E-state index in [-0.39, 0.29) is 11.5 Å². The maximum atomic E-state index is 13.9. The number of aromatic nitrogens is 2. The van der Waals surface area contributed by atoms with Gasteiger partial charge in [0.15, 0.2) is 11.5 Å². The summed E-state index contributed by atoms with van der Waals surface area (Å²) in [6, 6.07) is 19.8. The van der Waals surface area contributed by atoms with Crippen LogP contribution in [0.5, 0.6) is 11.5 Å². The predicted molar refractivity (Wildman–Crippen MR) is 107 cm³/mol. The van der Waals surface area contributed by atoms with Gasteiger partial charge in [0.25, 0.3) is 5.89 Å². The molecule has 1 heterocycles. The minimum Gasteiger partial charge on any atom is -0.493 e. The van der Waals surface area contributed by atoms with Crippen molar-refractivity contribution in [2.45, 2.75) is 13.5 Å². The average Bonchev–Trinajstić information content (AvgIpc) is 3.22. The second kappa shape index (κ2) is 8.14. The molecule has 29 heavy (non-hydrogen) atoms. The number of methoxy groups -OCH3 is 1. The van der Waals surface area contributed by atoms with E-state index < -0.39 is 5.82 Å². The Hall–Kier alpha value is -3.67. The zero-order valence-electron chi connectivity index (χ0n) is 16.1. The summed E-state index contributed by atoms with van der Waals surface area (Å²) in [5, 5.41) is 3.96. The van der Waals surface area contributed by atoms with Gasteiger partial charge in [-0.3, -0.25) is 0 Å². The lowest BCUT2D eigenvalue weighted by Crippen LogP contribution is -1.98. The SMILES string of the molecule is COc1cc(-c2noc(-c3ccccc3F)n2)ccc1OCc1cccc(C)c1. The number of halogens is 1. The molecule has 0 radical (unpaired) electrons. The highest BCUT2D eigenvalue weighted by Crippen LogP contribution is 2.33. The zero-order chi connectivity index (χ0) is 20.2. The van der Waals surface area contributed by atoms with Gasteiger partial charge in [0, 0.05) is 5.56 Å². The molecular weight excluding hydrogens is 371 g/mol. The number of rotatable bonds is 6. The molecule has 0 aliphatic heterocycles. The molecule has 0 spiro atoms. The maximum absolute atomic E-state index is 13.9. The van der Waals surface area contributed by atoms with Gasteiger partial charge in [-0.25, -0.2) is 4.39 Å². The third-order valence-corrected chi connectivity index (χ3v) is 4.43. The smallest absolute Gasteiger partial charge is 0.261 e. The van der Waals surface area contributed by atoms with Crippen molar-refractivity contribution in [3.63, 3.8) is 0 Å². The van der Waals surface area contributed by atoms with Gasteiger partial charge >= 0.3 is 0 Å². The lowest BCUT2D eigenvalue weighted by atomic mass is 10.1. The lowest BCUT2D eigenvalue weighted by Gasteiger charge is -2.11. The number of aryl methyl sites for hydroxylation is 1. The number of hydrogen-bond acceptors (Lipinski definition) is 5. The lowest BCUT2D eigenvalue weighted by molar-refractivity contribution is 0.284. The minimum atomic E-state index is -0.417. The normalized spacial score (nSPS) is 10.7. The monoisotopic (exact) mass is 390 g/mol. The first-order chi connectivity index (χ1) is 14.1. The Morgan fingerprint density at radius 1 is 0.966 bits per heavy atom. The van der Waals surface area contributed by atoms with Gasteiger partial charge in [0.2, 0.25) is 5.82 Å². The Kier molecular flexibility index (Phi) is 5.24. The summed E-state index contributed by atoms with van der Waals surface area (Å²) < 4.78 is 30.5. The van der Waals surface area contributed by atoms with Crippen LogP contribution in [0.15, 0.2) is 71.3 Å². The molecule has 0 fully saturated rings. The van der Waals surface area contributed by atoms with Crippen LogP contribution < -0.4 is 9.47 Å².